The third-order valence-electron chi connectivity index (χ3n) is 12.5. The molecule has 2 unspecified atom stereocenters. The number of carbonyl (C=O) groups is 2. The van der Waals surface area contributed by atoms with Crippen LogP contribution in [0.4, 0.5) is 0 Å². The summed E-state index contributed by atoms with van der Waals surface area (Å²) in [5, 5.41) is 0. The molecule has 0 fully saturated rings. The van der Waals surface area contributed by atoms with Gasteiger partial charge in [0, 0.05) is 19.4 Å². The minimum Gasteiger partial charge on any atom is -0.462 e. The van der Waals surface area contributed by atoms with Crippen LogP contribution in [0.5, 0.6) is 0 Å². The summed E-state index contributed by atoms with van der Waals surface area (Å²) in [6, 6.07) is 0. The maximum atomic E-state index is 12.6. The molecule has 0 aromatic heterocycles. The predicted molar refractivity (Wildman–Crippen MR) is 266 cm³/mol. The molecule has 9 nitrogen and oxygen atoms in total. The van der Waals surface area contributed by atoms with Crippen LogP contribution in [0.2, 0.25) is 0 Å². The molecule has 0 bridgehead atoms. The van der Waals surface area contributed by atoms with Gasteiger partial charge >= 0.3 is 19.8 Å². The molecule has 0 aliphatic rings. The molecule has 0 radical (unpaired) electrons. The summed E-state index contributed by atoms with van der Waals surface area (Å²) >= 11 is 0. The van der Waals surface area contributed by atoms with Crippen molar-refractivity contribution < 1.29 is 37.6 Å². The van der Waals surface area contributed by atoms with E-state index in [4.69, 9.17) is 24.3 Å². The second kappa shape index (κ2) is 50.4. The van der Waals surface area contributed by atoms with Gasteiger partial charge in [-0.2, -0.15) is 0 Å². The fraction of sp³-hybridized carbons (Fsp3) is 0.962. The third-order valence-corrected chi connectivity index (χ3v) is 13.5. The molecule has 63 heavy (non-hydrogen) atoms. The first kappa shape index (κ1) is 62.0. The number of ether oxygens (including phenoxy) is 2. The van der Waals surface area contributed by atoms with Crippen molar-refractivity contribution in [1.29, 1.82) is 0 Å². The summed E-state index contributed by atoms with van der Waals surface area (Å²) in [5.74, 6) is -0.813. The standard InChI is InChI=1S/C53H106NO8P/c1-3-5-7-9-11-13-14-15-16-17-18-19-20-21-22-23-24-25-26-27-28-29-30-31-32-33-34-35-36-38-40-42-44-46-53(56)62-51(50-61-63(57,58)60-48-47-54)49-59-52(55)45-43-41-39-37-12-10-8-6-4-2/h51H,3-50,54H2,1-2H3,(H,57,58). The molecule has 0 spiro atoms. The first-order chi connectivity index (χ1) is 30.8. The first-order valence-corrected chi connectivity index (χ1v) is 29.0. The highest BCUT2D eigenvalue weighted by molar-refractivity contribution is 7.47. The van der Waals surface area contributed by atoms with Crippen LogP contribution in [0.1, 0.15) is 296 Å². The molecule has 0 amide bonds. The minimum atomic E-state index is -4.37. The molecule has 0 saturated carbocycles. The van der Waals surface area contributed by atoms with Crippen molar-refractivity contribution in [1.82, 2.24) is 0 Å². The Balaban J connectivity index is 3.72. The number of hydrogen-bond acceptors (Lipinski definition) is 8. The average molecular weight is 916 g/mol. The van der Waals surface area contributed by atoms with Crippen LogP contribution in [0.25, 0.3) is 0 Å². The molecule has 0 aliphatic heterocycles. The van der Waals surface area contributed by atoms with Crippen LogP contribution >= 0.6 is 7.82 Å². The molecule has 3 N–H and O–H groups in total. The summed E-state index contributed by atoms with van der Waals surface area (Å²) in [4.78, 5) is 34.9. The zero-order valence-electron chi connectivity index (χ0n) is 41.8. The number of phosphoric acid groups is 1. The van der Waals surface area contributed by atoms with Gasteiger partial charge in [0.25, 0.3) is 0 Å². The molecule has 2 atom stereocenters. The summed E-state index contributed by atoms with van der Waals surface area (Å²) < 4.78 is 32.8. The molecular formula is C53H106NO8P. The molecule has 0 heterocycles. The number of nitrogens with two attached hydrogens (primary N) is 1. The summed E-state index contributed by atoms with van der Waals surface area (Å²) in [6.45, 7) is 3.77. The Bertz CT molecular complexity index is 1000. The van der Waals surface area contributed by atoms with Gasteiger partial charge in [-0.05, 0) is 12.8 Å². The van der Waals surface area contributed by atoms with Crippen molar-refractivity contribution in [2.75, 3.05) is 26.4 Å². The second-order valence-corrected chi connectivity index (χ2v) is 20.3. The van der Waals surface area contributed by atoms with E-state index in [0.717, 1.165) is 32.1 Å². The summed E-state index contributed by atoms with van der Waals surface area (Å²) in [7, 11) is -4.37. The highest BCUT2D eigenvalue weighted by Gasteiger charge is 2.26. The Labute approximate surface area is 390 Å². The maximum absolute atomic E-state index is 12.6. The van der Waals surface area contributed by atoms with Crippen molar-refractivity contribution in [2.45, 2.75) is 302 Å². The topological polar surface area (TPSA) is 134 Å². The van der Waals surface area contributed by atoms with Crippen molar-refractivity contribution in [3.05, 3.63) is 0 Å². The lowest BCUT2D eigenvalue weighted by Gasteiger charge is -2.19. The Morgan fingerprint density at radius 1 is 0.413 bits per heavy atom. The van der Waals surface area contributed by atoms with Gasteiger partial charge in [0.05, 0.1) is 13.2 Å². The van der Waals surface area contributed by atoms with E-state index in [-0.39, 0.29) is 38.6 Å². The quantitative estimate of drug-likeness (QED) is 0.0347. The van der Waals surface area contributed by atoms with Gasteiger partial charge < -0.3 is 20.1 Å². The fourth-order valence-corrected chi connectivity index (χ4v) is 9.17. The zero-order valence-corrected chi connectivity index (χ0v) is 42.7. The number of unbranched alkanes of at least 4 members (excludes halogenated alkanes) is 40. The van der Waals surface area contributed by atoms with E-state index in [0.29, 0.717) is 6.42 Å². The second-order valence-electron chi connectivity index (χ2n) is 18.8. The van der Waals surface area contributed by atoms with Gasteiger partial charge in [-0.3, -0.25) is 18.6 Å². The molecule has 0 aromatic rings. The van der Waals surface area contributed by atoms with E-state index in [1.165, 1.54) is 231 Å². The summed E-state index contributed by atoms with van der Waals surface area (Å²) in [6.07, 6.45) is 54.8. The Morgan fingerprint density at radius 3 is 0.968 bits per heavy atom. The largest absolute Gasteiger partial charge is 0.472 e. The predicted octanol–water partition coefficient (Wildman–Crippen LogP) is 16.7. The lowest BCUT2D eigenvalue weighted by atomic mass is 10.0. The van der Waals surface area contributed by atoms with Crippen LogP contribution in [0.3, 0.4) is 0 Å². The van der Waals surface area contributed by atoms with Crippen molar-refractivity contribution in [3.8, 4) is 0 Å². The lowest BCUT2D eigenvalue weighted by molar-refractivity contribution is -0.161. The first-order valence-electron chi connectivity index (χ1n) is 27.5. The monoisotopic (exact) mass is 916 g/mol. The third kappa shape index (κ3) is 50.3. The molecule has 0 aliphatic carbocycles. The van der Waals surface area contributed by atoms with E-state index in [9.17, 15) is 19.0 Å². The Kier molecular flexibility index (Phi) is 49.6. The maximum Gasteiger partial charge on any atom is 0.472 e. The smallest absolute Gasteiger partial charge is 0.462 e. The van der Waals surface area contributed by atoms with E-state index in [2.05, 4.69) is 13.8 Å². The van der Waals surface area contributed by atoms with Gasteiger partial charge in [-0.15, -0.1) is 0 Å². The molecule has 0 rings (SSSR count). The molecule has 10 heteroatoms. The number of rotatable bonds is 53. The van der Waals surface area contributed by atoms with Gasteiger partial charge in [0.15, 0.2) is 6.10 Å². The zero-order chi connectivity index (χ0) is 46.0. The molecule has 376 valence electrons. The van der Waals surface area contributed by atoms with Crippen molar-refractivity contribution >= 4 is 19.8 Å². The highest BCUT2D eigenvalue weighted by Crippen LogP contribution is 2.43. The van der Waals surface area contributed by atoms with Crippen LogP contribution in [0, 0.1) is 0 Å². The Morgan fingerprint density at radius 2 is 0.683 bits per heavy atom. The van der Waals surface area contributed by atoms with Crippen LogP contribution in [-0.4, -0.2) is 49.3 Å². The average Bonchev–Trinajstić information content (AvgIpc) is 3.27. The molecule has 0 saturated heterocycles. The number of carbonyl (C=O) groups excluding carboxylic acids is 2. The van der Waals surface area contributed by atoms with Crippen LogP contribution in [0.15, 0.2) is 0 Å². The van der Waals surface area contributed by atoms with Crippen LogP contribution in [-0.2, 0) is 32.7 Å². The van der Waals surface area contributed by atoms with Gasteiger partial charge in [0.1, 0.15) is 6.61 Å². The minimum absolute atomic E-state index is 0.0581. The van der Waals surface area contributed by atoms with E-state index in [1.807, 2.05) is 0 Å². The number of hydrogen-bond donors (Lipinski definition) is 2. The summed E-state index contributed by atoms with van der Waals surface area (Å²) in [5.41, 5.74) is 5.36. The van der Waals surface area contributed by atoms with E-state index < -0.39 is 26.5 Å². The Hall–Kier alpha value is -0.990. The van der Waals surface area contributed by atoms with Crippen molar-refractivity contribution in [3.63, 3.8) is 0 Å². The van der Waals surface area contributed by atoms with Crippen molar-refractivity contribution in [2.24, 2.45) is 5.73 Å². The normalized spacial score (nSPS) is 13.0. The van der Waals surface area contributed by atoms with Gasteiger partial charge in [-0.25, -0.2) is 4.57 Å². The van der Waals surface area contributed by atoms with E-state index >= 15 is 0 Å². The number of esters is 2. The number of phosphoric ester groups is 1. The van der Waals surface area contributed by atoms with Crippen LogP contribution < -0.4 is 5.73 Å². The molecular weight excluding hydrogens is 810 g/mol. The SMILES string of the molecule is CCCCCCCCCCCCCCCCCCCCCCCCCCCCCCCCCCCC(=O)OC(COC(=O)CCCCCCCCCCC)COP(=O)(O)OCCN. The lowest BCUT2D eigenvalue weighted by Crippen LogP contribution is -2.29. The fourth-order valence-electron chi connectivity index (χ4n) is 8.40. The van der Waals surface area contributed by atoms with Gasteiger partial charge in [-0.1, -0.05) is 271 Å². The van der Waals surface area contributed by atoms with Gasteiger partial charge in [0.2, 0.25) is 0 Å². The van der Waals surface area contributed by atoms with E-state index in [1.54, 1.807) is 0 Å². The highest BCUT2D eigenvalue weighted by atomic mass is 31.2. The molecule has 0 aromatic carbocycles.